The summed E-state index contributed by atoms with van der Waals surface area (Å²) in [5.41, 5.74) is -0.577. The molecule has 3 aromatic rings. The Balaban J connectivity index is 2.12. The van der Waals surface area contributed by atoms with E-state index in [-0.39, 0.29) is 11.4 Å². The number of carbonyl (C=O) groups excluding carboxylic acids is 2. The number of hydrogen-bond acceptors (Lipinski definition) is 4. The molecule has 0 spiro atoms. The number of nitrogens with one attached hydrogen (secondary N) is 1. The minimum absolute atomic E-state index is 0.208. The van der Waals surface area contributed by atoms with Crippen molar-refractivity contribution in [1.29, 1.82) is 0 Å². The molecule has 7 nitrogen and oxygen atoms in total. The molecule has 2 amide bonds. The smallest absolute Gasteiger partial charge is 0.357 e. The summed E-state index contributed by atoms with van der Waals surface area (Å²) in [6.45, 7) is 1.97. The molecule has 0 fully saturated rings. The molecule has 1 N–H and O–H groups in total. The van der Waals surface area contributed by atoms with Crippen molar-refractivity contribution in [2.24, 2.45) is 0 Å². The van der Waals surface area contributed by atoms with E-state index in [0.29, 0.717) is 15.9 Å². The highest BCUT2D eigenvalue weighted by atomic mass is 35.5. The molecule has 0 aliphatic heterocycles. The molecule has 0 unspecified atom stereocenters. The number of amides is 2. The average molecular weight is 600 g/mol. The first-order valence-electron chi connectivity index (χ1n) is 11.9. The van der Waals surface area contributed by atoms with Gasteiger partial charge in [-0.15, -0.1) is 0 Å². The van der Waals surface area contributed by atoms with Gasteiger partial charge in [-0.3, -0.25) is 13.9 Å². The first kappa shape index (κ1) is 30.9. The Morgan fingerprint density at radius 2 is 1.60 bits per heavy atom. The van der Waals surface area contributed by atoms with Gasteiger partial charge in [0.15, 0.2) is 0 Å². The predicted molar refractivity (Wildman–Crippen MR) is 143 cm³/mol. The van der Waals surface area contributed by atoms with Crippen LogP contribution < -0.4 is 9.62 Å². The van der Waals surface area contributed by atoms with Gasteiger partial charge in [-0.2, -0.15) is 13.2 Å². The van der Waals surface area contributed by atoms with Gasteiger partial charge in [-0.1, -0.05) is 41.4 Å². The second kappa shape index (κ2) is 12.3. The summed E-state index contributed by atoms with van der Waals surface area (Å²) >= 11 is 5.75. The maximum absolute atomic E-state index is 13.7. The molecule has 0 saturated heterocycles. The third kappa shape index (κ3) is 7.11. The molecule has 1 atom stereocenters. The van der Waals surface area contributed by atoms with Crippen LogP contribution in [0.4, 0.5) is 23.2 Å². The van der Waals surface area contributed by atoms with E-state index in [1.165, 1.54) is 50.4 Å². The molecule has 3 aromatic carbocycles. The fourth-order valence-electron chi connectivity index (χ4n) is 3.83. The standard InChI is InChI=1S/C27H26ClF4N3O4S/c1-17-4-11-22(12-5-17)40(38,39)35(21-10-13-24(28)23(14-21)27(30,31)32)16-25(36)34(18(2)26(37)33-3)15-19-6-8-20(29)9-7-19/h4-14,18H,15-16H2,1-3H3,(H,33,37)/t18-/m1/s1. The first-order valence-corrected chi connectivity index (χ1v) is 13.7. The lowest BCUT2D eigenvalue weighted by atomic mass is 10.1. The van der Waals surface area contributed by atoms with Crippen LogP contribution in [0.25, 0.3) is 0 Å². The Labute approximate surface area is 234 Å². The maximum Gasteiger partial charge on any atom is 0.417 e. The minimum atomic E-state index is -4.90. The van der Waals surface area contributed by atoms with Gasteiger partial charge in [0.1, 0.15) is 18.4 Å². The van der Waals surface area contributed by atoms with Crippen LogP contribution in [-0.2, 0) is 32.3 Å². The molecule has 214 valence electrons. The second-order valence-corrected chi connectivity index (χ2v) is 11.2. The van der Waals surface area contributed by atoms with Crippen LogP contribution in [0.3, 0.4) is 0 Å². The molecule has 40 heavy (non-hydrogen) atoms. The Morgan fingerprint density at radius 3 is 2.15 bits per heavy atom. The van der Waals surface area contributed by atoms with E-state index in [9.17, 15) is 35.6 Å². The van der Waals surface area contributed by atoms with E-state index < -0.39 is 62.7 Å². The number of benzene rings is 3. The Hall–Kier alpha value is -3.64. The fraction of sp³-hybridized carbons (Fsp3) is 0.259. The normalized spacial score (nSPS) is 12.5. The van der Waals surface area contributed by atoms with Gasteiger partial charge in [0.25, 0.3) is 10.0 Å². The van der Waals surface area contributed by atoms with Crippen molar-refractivity contribution in [1.82, 2.24) is 10.2 Å². The topological polar surface area (TPSA) is 86.8 Å². The molecule has 0 heterocycles. The third-order valence-corrected chi connectivity index (χ3v) is 8.23. The minimum Gasteiger partial charge on any atom is -0.357 e. The van der Waals surface area contributed by atoms with Crippen molar-refractivity contribution in [3.05, 3.63) is 94.3 Å². The quantitative estimate of drug-likeness (QED) is 0.344. The van der Waals surface area contributed by atoms with Crippen LogP contribution in [0.5, 0.6) is 0 Å². The van der Waals surface area contributed by atoms with Crippen LogP contribution >= 0.6 is 11.6 Å². The van der Waals surface area contributed by atoms with E-state index >= 15 is 0 Å². The lowest BCUT2D eigenvalue weighted by Gasteiger charge is -2.32. The number of carbonyl (C=O) groups is 2. The number of sulfonamides is 1. The largest absolute Gasteiger partial charge is 0.417 e. The number of alkyl halides is 3. The number of hydrogen-bond donors (Lipinski definition) is 1. The number of likely N-dealkylation sites (N-methyl/N-ethyl adjacent to an activating group) is 1. The molecule has 0 aliphatic carbocycles. The van der Waals surface area contributed by atoms with Crippen molar-refractivity contribution in [2.45, 2.75) is 37.5 Å². The summed E-state index contributed by atoms with van der Waals surface area (Å²) in [7, 11) is -3.23. The van der Waals surface area contributed by atoms with E-state index in [2.05, 4.69) is 5.32 Å². The SMILES string of the molecule is CNC(=O)[C@@H](C)N(Cc1ccc(F)cc1)C(=O)CN(c1ccc(Cl)c(C(F)(F)F)c1)S(=O)(=O)c1ccc(C)cc1. The van der Waals surface area contributed by atoms with Crippen LogP contribution in [0, 0.1) is 12.7 Å². The highest BCUT2D eigenvalue weighted by Crippen LogP contribution is 2.38. The van der Waals surface area contributed by atoms with Crippen LogP contribution in [0.1, 0.15) is 23.6 Å². The van der Waals surface area contributed by atoms with Crippen molar-refractivity contribution in [2.75, 3.05) is 17.9 Å². The summed E-state index contributed by atoms with van der Waals surface area (Å²) in [6, 6.07) is 12.0. The third-order valence-electron chi connectivity index (χ3n) is 6.11. The average Bonchev–Trinajstić information content (AvgIpc) is 2.90. The van der Waals surface area contributed by atoms with Gasteiger partial charge in [0.2, 0.25) is 11.8 Å². The zero-order valence-electron chi connectivity index (χ0n) is 21.7. The van der Waals surface area contributed by atoms with E-state index in [1.807, 2.05) is 0 Å². The number of halogens is 5. The van der Waals surface area contributed by atoms with Crippen LogP contribution in [0.15, 0.2) is 71.6 Å². The maximum atomic E-state index is 13.7. The zero-order valence-corrected chi connectivity index (χ0v) is 23.2. The van der Waals surface area contributed by atoms with Gasteiger partial charge in [-0.25, -0.2) is 12.8 Å². The first-order chi connectivity index (χ1) is 18.6. The number of anilines is 1. The summed E-state index contributed by atoms with van der Waals surface area (Å²) in [4.78, 5) is 26.9. The summed E-state index contributed by atoms with van der Waals surface area (Å²) in [5, 5.41) is 1.76. The van der Waals surface area contributed by atoms with Gasteiger partial charge in [0.05, 0.1) is 21.2 Å². The molecule has 3 rings (SSSR count). The van der Waals surface area contributed by atoms with Crippen molar-refractivity contribution in [3.63, 3.8) is 0 Å². The fourth-order valence-corrected chi connectivity index (χ4v) is 5.46. The van der Waals surface area contributed by atoms with E-state index in [4.69, 9.17) is 11.6 Å². The van der Waals surface area contributed by atoms with Gasteiger partial charge in [-0.05, 0) is 61.9 Å². The summed E-state index contributed by atoms with van der Waals surface area (Å²) in [5.74, 6) is -1.99. The second-order valence-electron chi connectivity index (χ2n) is 8.92. The number of nitrogens with zero attached hydrogens (tertiary/aromatic N) is 2. The van der Waals surface area contributed by atoms with Gasteiger partial charge in [0, 0.05) is 13.6 Å². The predicted octanol–water partition coefficient (Wildman–Crippen LogP) is 5.16. The zero-order chi connectivity index (χ0) is 29.8. The number of aryl methyl sites for hydroxylation is 1. The van der Waals surface area contributed by atoms with Crippen molar-refractivity contribution in [3.8, 4) is 0 Å². The Bertz CT molecular complexity index is 1480. The molecule has 13 heteroatoms. The van der Waals surface area contributed by atoms with Gasteiger partial charge >= 0.3 is 6.18 Å². The molecule has 0 saturated carbocycles. The summed E-state index contributed by atoms with van der Waals surface area (Å²) < 4.78 is 82.4. The van der Waals surface area contributed by atoms with Crippen molar-refractivity contribution >= 4 is 39.1 Å². The molecular formula is C27H26ClF4N3O4S. The molecule has 0 radical (unpaired) electrons. The van der Waals surface area contributed by atoms with E-state index in [0.717, 1.165) is 34.7 Å². The van der Waals surface area contributed by atoms with Crippen LogP contribution in [-0.4, -0.2) is 44.8 Å². The summed E-state index contributed by atoms with van der Waals surface area (Å²) in [6.07, 6.45) is -4.90. The Morgan fingerprint density at radius 1 is 1.00 bits per heavy atom. The lowest BCUT2D eigenvalue weighted by Crippen LogP contribution is -2.50. The molecule has 0 aromatic heterocycles. The highest BCUT2D eigenvalue weighted by molar-refractivity contribution is 7.92. The van der Waals surface area contributed by atoms with E-state index in [1.54, 1.807) is 6.92 Å². The van der Waals surface area contributed by atoms with Crippen LogP contribution in [0.2, 0.25) is 5.02 Å². The molecule has 0 bridgehead atoms. The number of rotatable bonds is 9. The molecule has 0 aliphatic rings. The van der Waals surface area contributed by atoms with Crippen molar-refractivity contribution < 1.29 is 35.6 Å². The monoisotopic (exact) mass is 599 g/mol. The Kier molecular flexibility index (Phi) is 9.47. The lowest BCUT2D eigenvalue weighted by molar-refractivity contribution is -0.139. The molecular weight excluding hydrogens is 574 g/mol. The highest BCUT2D eigenvalue weighted by Gasteiger charge is 2.36. The van der Waals surface area contributed by atoms with Gasteiger partial charge < -0.3 is 10.2 Å².